The minimum Gasteiger partial charge on any atom is -0.494 e. The molecule has 0 N–H and O–H groups in total. The van der Waals surface area contributed by atoms with E-state index in [1.807, 2.05) is 24.3 Å². The summed E-state index contributed by atoms with van der Waals surface area (Å²) in [5.41, 5.74) is 1.74. The number of hydrogen-bond donors (Lipinski definition) is 0. The summed E-state index contributed by atoms with van der Waals surface area (Å²) in [5.74, 6) is 1.29. The fraction of sp³-hybridized carbons (Fsp3) is 0.300. The van der Waals surface area contributed by atoms with Crippen LogP contribution in [-0.2, 0) is 4.74 Å². The highest BCUT2D eigenvalue weighted by atomic mass is 16.7. The van der Waals surface area contributed by atoms with Crippen molar-refractivity contribution in [2.75, 3.05) is 13.7 Å². The van der Waals surface area contributed by atoms with Gasteiger partial charge in [-0.3, -0.25) is 4.99 Å². The smallest absolute Gasteiger partial charge is 0.494 e. The summed E-state index contributed by atoms with van der Waals surface area (Å²) in [6, 6.07) is 14.7. The van der Waals surface area contributed by atoms with Gasteiger partial charge in [-0.05, 0) is 60.5 Å². The summed E-state index contributed by atoms with van der Waals surface area (Å²) in [4.78, 5) is 15.4. The van der Waals surface area contributed by atoms with E-state index in [2.05, 4.69) is 16.7 Å². The number of aliphatic imine (C=N–C) groups is 1. The lowest BCUT2D eigenvalue weighted by Crippen LogP contribution is -2.06. The third-order valence-corrected chi connectivity index (χ3v) is 3.46. The molecule has 0 aliphatic rings. The largest absolute Gasteiger partial charge is 0.513 e. The Hall–Kier alpha value is -2.82. The zero-order valence-electron chi connectivity index (χ0n) is 14.6. The number of ether oxygens (including phenoxy) is 3. The lowest BCUT2D eigenvalue weighted by molar-refractivity contribution is 0.121. The molecular formula is C20H23NO4. The Bertz CT molecular complexity index is 678. The minimum atomic E-state index is -0.742. The third kappa shape index (κ3) is 6.67. The van der Waals surface area contributed by atoms with Gasteiger partial charge in [0, 0.05) is 6.21 Å². The average molecular weight is 341 g/mol. The highest BCUT2D eigenvalue weighted by Crippen LogP contribution is 2.19. The van der Waals surface area contributed by atoms with Crippen molar-refractivity contribution in [2.24, 2.45) is 4.99 Å². The van der Waals surface area contributed by atoms with Crippen LogP contribution in [0.3, 0.4) is 0 Å². The van der Waals surface area contributed by atoms with E-state index < -0.39 is 6.16 Å². The molecule has 0 aliphatic heterocycles. The van der Waals surface area contributed by atoms with E-state index in [1.165, 1.54) is 20.0 Å². The summed E-state index contributed by atoms with van der Waals surface area (Å²) >= 11 is 0. The van der Waals surface area contributed by atoms with Gasteiger partial charge in [0.2, 0.25) is 0 Å². The molecule has 2 rings (SSSR count). The quantitative estimate of drug-likeness (QED) is 0.288. The number of unbranched alkanes of at least 4 members (excludes halogenated alkanes) is 2. The maximum absolute atomic E-state index is 11.0. The monoisotopic (exact) mass is 341 g/mol. The number of carbonyl (C=O) groups excluding carboxylic acids is 1. The maximum atomic E-state index is 11.0. The van der Waals surface area contributed by atoms with Crippen molar-refractivity contribution in [2.45, 2.75) is 26.2 Å². The fourth-order valence-electron chi connectivity index (χ4n) is 2.08. The van der Waals surface area contributed by atoms with Crippen LogP contribution in [0, 0.1) is 0 Å². The summed E-state index contributed by atoms with van der Waals surface area (Å²) in [6.07, 6.45) is 4.49. The van der Waals surface area contributed by atoms with E-state index in [-0.39, 0.29) is 0 Å². The van der Waals surface area contributed by atoms with E-state index in [0.29, 0.717) is 5.75 Å². The maximum Gasteiger partial charge on any atom is 0.513 e. The third-order valence-electron chi connectivity index (χ3n) is 3.46. The summed E-state index contributed by atoms with van der Waals surface area (Å²) in [5, 5.41) is 0. The van der Waals surface area contributed by atoms with Crippen molar-refractivity contribution in [3.8, 4) is 11.5 Å². The summed E-state index contributed by atoms with van der Waals surface area (Å²) < 4.78 is 15.0. The first-order valence-electron chi connectivity index (χ1n) is 8.34. The molecule has 0 unspecified atom stereocenters. The lowest BCUT2D eigenvalue weighted by atomic mass is 10.2. The van der Waals surface area contributed by atoms with Crippen molar-refractivity contribution in [3.63, 3.8) is 0 Å². The average Bonchev–Trinajstić information content (AvgIpc) is 2.65. The van der Waals surface area contributed by atoms with Crippen molar-refractivity contribution < 1.29 is 19.0 Å². The van der Waals surface area contributed by atoms with Gasteiger partial charge >= 0.3 is 6.16 Å². The van der Waals surface area contributed by atoms with Crippen LogP contribution in [0.1, 0.15) is 31.7 Å². The zero-order chi connectivity index (χ0) is 17.9. The van der Waals surface area contributed by atoms with Crippen LogP contribution in [0.2, 0.25) is 0 Å². The van der Waals surface area contributed by atoms with Crippen LogP contribution in [0.25, 0.3) is 0 Å². The predicted octanol–water partition coefficient (Wildman–Crippen LogP) is 5.15. The Balaban J connectivity index is 1.87. The Morgan fingerprint density at radius 2 is 1.68 bits per heavy atom. The van der Waals surface area contributed by atoms with Crippen molar-refractivity contribution in [1.29, 1.82) is 0 Å². The minimum absolute atomic E-state index is 0.412. The Kier molecular flexibility index (Phi) is 7.50. The van der Waals surface area contributed by atoms with Gasteiger partial charge in [-0.1, -0.05) is 19.8 Å². The van der Waals surface area contributed by atoms with E-state index >= 15 is 0 Å². The molecule has 0 heterocycles. The number of hydrogen-bond acceptors (Lipinski definition) is 5. The molecule has 0 bridgehead atoms. The number of carbonyl (C=O) groups is 1. The number of benzene rings is 2. The first kappa shape index (κ1) is 18.5. The van der Waals surface area contributed by atoms with Crippen molar-refractivity contribution in [1.82, 2.24) is 0 Å². The van der Waals surface area contributed by atoms with E-state index in [9.17, 15) is 4.79 Å². The highest BCUT2D eigenvalue weighted by Gasteiger charge is 2.02. The molecule has 25 heavy (non-hydrogen) atoms. The van der Waals surface area contributed by atoms with E-state index in [0.717, 1.165) is 30.0 Å². The molecule has 132 valence electrons. The highest BCUT2D eigenvalue weighted by molar-refractivity contribution is 5.82. The summed E-state index contributed by atoms with van der Waals surface area (Å²) in [7, 11) is 1.27. The summed E-state index contributed by atoms with van der Waals surface area (Å²) in [6.45, 7) is 2.93. The van der Waals surface area contributed by atoms with Gasteiger partial charge in [0.15, 0.2) is 0 Å². The van der Waals surface area contributed by atoms with Crippen LogP contribution in [0.5, 0.6) is 11.5 Å². The molecule has 0 spiro atoms. The molecule has 0 aliphatic carbocycles. The first-order valence-corrected chi connectivity index (χ1v) is 8.34. The topological polar surface area (TPSA) is 57.1 Å². The Morgan fingerprint density at radius 1 is 1.00 bits per heavy atom. The fourth-order valence-corrected chi connectivity index (χ4v) is 2.08. The molecule has 0 fully saturated rings. The van der Waals surface area contributed by atoms with Gasteiger partial charge in [-0.25, -0.2) is 4.79 Å². The van der Waals surface area contributed by atoms with Crippen LogP contribution in [0.15, 0.2) is 53.5 Å². The first-order chi connectivity index (χ1) is 12.2. The molecule has 0 saturated carbocycles. The SMILES string of the molecule is CCCCCOc1ccc(C=Nc2ccc(OC(=O)OC)cc2)cc1. The standard InChI is InChI=1S/C20H23NO4/c1-3-4-5-14-24-18-10-6-16(7-11-18)15-21-17-8-12-19(13-9-17)25-20(22)23-2/h6-13,15H,3-5,14H2,1-2H3. The molecule has 0 aromatic heterocycles. The molecule has 0 radical (unpaired) electrons. The number of methoxy groups -OCH3 is 1. The van der Waals surface area contributed by atoms with Crippen LogP contribution in [-0.4, -0.2) is 26.1 Å². The lowest BCUT2D eigenvalue weighted by Gasteiger charge is -2.05. The van der Waals surface area contributed by atoms with Gasteiger partial charge < -0.3 is 14.2 Å². The molecule has 0 atom stereocenters. The van der Waals surface area contributed by atoms with Crippen molar-refractivity contribution in [3.05, 3.63) is 54.1 Å². The normalized spacial score (nSPS) is 10.6. The van der Waals surface area contributed by atoms with Gasteiger partial charge in [0.05, 0.1) is 19.4 Å². The van der Waals surface area contributed by atoms with Crippen LogP contribution < -0.4 is 9.47 Å². The second-order valence-electron chi connectivity index (χ2n) is 5.43. The molecule has 5 nitrogen and oxygen atoms in total. The van der Waals surface area contributed by atoms with Gasteiger partial charge in [0.25, 0.3) is 0 Å². The van der Waals surface area contributed by atoms with Crippen LogP contribution >= 0.6 is 0 Å². The molecule has 2 aromatic carbocycles. The number of nitrogens with zero attached hydrogens (tertiary/aromatic N) is 1. The van der Waals surface area contributed by atoms with E-state index in [4.69, 9.17) is 9.47 Å². The van der Waals surface area contributed by atoms with E-state index in [1.54, 1.807) is 30.5 Å². The molecule has 2 aromatic rings. The molecule has 0 amide bonds. The van der Waals surface area contributed by atoms with Gasteiger partial charge in [0.1, 0.15) is 11.5 Å². The Morgan fingerprint density at radius 3 is 2.32 bits per heavy atom. The molecule has 5 heteroatoms. The molecule has 0 saturated heterocycles. The number of rotatable bonds is 8. The Labute approximate surface area is 148 Å². The van der Waals surface area contributed by atoms with Gasteiger partial charge in [-0.2, -0.15) is 0 Å². The predicted molar refractivity (Wildman–Crippen MR) is 98.2 cm³/mol. The molecular weight excluding hydrogens is 318 g/mol. The van der Waals surface area contributed by atoms with Crippen molar-refractivity contribution >= 4 is 18.1 Å². The van der Waals surface area contributed by atoms with Gasteiger partial charge in [-0.15, -0.1) is 0 Å². The second-order valence-corrected chi connectivity index (χ2v) is 5.43. The zero-order valence-corrected chi connectivity index (χ0v) is 14.6. The second kappa shape index (κ2) is 10.1. The van der Waals surface area contributed by atoms with Crippen LogP contribution in [0.4, 0.5) is 10.5 Å².